The van der Waals surface area contributed by atoms with Gasteiger partial charge in [0.05, 0.1) is 18.2 Å². The largest absolute Gasteiger partial charge is 0.497 e. The van der Waals surface area contributed by atoms with E-state index >= 15 is 0 Å². The highest BCUT2D eigenvalue weighted by Gasteiger charge is 2.17. The molecule has 0 unspecified atom stereocenters. The van der Waals surface area contributed by atoms with Gasteiger partial charge in [-0.3, -0.25) is 4.79 Å². The molecule has 0 aliphatic rings. The standard InChI is InChI=1S/C18H17FN2O2/c1-11-16(14-4-3-5-15(19)17(14)21-11)18(22)20-10-12-6-8-13(23-2)9-7-12/h3-9,21H,10H2,1-2H3,(H,20,22). The molecule has 0 saturated carbocycles. The Balaban J connectivity index is 1.80. The minimum absolute atomic E-state index is 0.227. The van der Waals surface area contributed by atoms with Gasteiger partial charge in [-0.2, -0.15) is 0 Å². The molecule has 1 aromatic heterocycles. The summed E-state index contributed by atoms with van der Waals surface area (Å²) in [5.74, 6) is 0.179. The summed E-state index contributed by atoms with van der Waals surface area (Å²) < 4.78 is 18.9. The first-order valence-corrected chi connectivity index (χ1v) is 7.28. The molecule has 0 radical (unpaired) electrons. The van der Waals surface area contributed by atoms with E-state index in [2.05, 4.69) is 10.3 Å². The Kier molecular flexibility index (Phi) is 4.02. The predicted octanol–water partition coefficient (Wildman–Crippen LogP) is 3.55. The number of hydrogen-bond donors (Lipinski definition) is 2. The van der Waals surface area contributed by atoms with Crippen LogP contribution in [0.25, 0.3) is 10.9 Å². The molecule has 0 aliphatic carbocycles. The van der Waals surface area contributed by atoms with Crippen molar-refractivity contribution >= 4 is 16.8 Å². The molecule has 0 aliphatic heterocycles. The SMILES string of the molecule is COc1ccc(CNC(=O)c2c(C)[nH]c3c(F)cccc23)cc1. The normalized spacial score (nSPS) is 10.7. The zero-order valence-electron chi connectivity index (χ0n) is 12.9. The highest BCUT2D eigenvalue weighted by molar-refractivity contribution is 6.08. The molecule has 3 rings (SSSR count). The Morgan fingerprint density at radius 2 is 1.96 bits per heavy atom. The van der Waals surface area contributed by atoms with E-state index in [1.54, 1.807) is 26.2 Å². The van der Waals surface area contributed by atoms with Gasteiger partial charge >= 0.3 is 0 Å². The summed E-state index contributed by atoms with van der Waals surface area (Å²) in [5.41, 5.74) is 2.45. The van der Waals surface area contributed by atoms with Crippen LogP contribution in [0.3, 0.4) is 0 Å². The molecule has 4 nitrogen and oxygen atoms in total. The number of H-pyrrole nitrogens is 1. The number of fused-ring (bicyclic) bond motifs is 1. The smallest absolute Gasteiger partial charge is 0.253 e. The molecule has 0 fully saturated rings. The highest BCUT2D eigenvalue weighted by atomic mass is 19.1. The Morgan fingerprint density at radius 3 is 2.65 bits per heavy atom. The van der Waals surface area contributed by atoms with E-state index in [1.165, 1.54) is 6.07 Å². The zero-order valence-corrected chi connectivity index (χ0v) is 12.9. The van der Waals surface area contributed by atoms with Crippen molar-refractivity contribution in [2.75, 3.05) is 7.11 Å². The van der Waals surface area contributed by atoms with Gasteiger partial charge in [0.2, 0.25) is 0 Å². The van der Waals surface area contributed by atoms with Crippen molar-refractivity contribution in [3.63, 3.8) is 0 Å². The first-order chi connectivity index (χ1) is 11.1. The number of nitrogens with one attached hydrogen (secondary N) is 2. The maximum Gasteiger partial charge on any atom is 0.253 e. The lowest BCUT2D eigenvalue weighted by Gasteiger charge is -2.07. The number of methoxy groups -OCH3 is 1. The Hall–Kier alpha value is -2.82. The third kappa shape index (κ3) is 2.90. The zero-order chi connectivity index (χ0) is 16.4. The van der Waals surface area contributed by atoms with Crippen molar-refractivity contribution in [3.8, 4) is 5.75 Å². The third-order valence-electron chi connectivity index (χ3n) is 3.81. The fourth-order valence-electron chi connectivity index (χ4n) is 2.62. The fraction of sp³-hybridized carbons (Fsp3) is 0.167. The number of amides is 1. The number of rotatable bonds is 4. The van der Waals surface area contributed by atoms with Gasteiger partial charge in [-0.25, -0.2) is 4.39 Å². The van der Waals surface area contributed by atoms with Gasteiger partial charge in [0, 0.05) is 17.6 Å². The molecule has 1 amide bonds. The molecule has 0 bridgehead atoms. The van der Waals surface area contributed by atoms with Crippen LogP contribution in [0.2, 0.25) is 0 Å². The number of hydrogen-bond acceptors (Lipinski definition) is 2. The number of carbonyl (C=O) groups is 1. The quantitative estimate of drug-likeness (QED) is 0.774. The third-order valence-corrected chi connectivity index (χ3v) is 3.81. The molecule has 5 heteroatoms. The molecule has 2 N–H and O–H groups in total. The van der Waals surface area contributed by atoms with E-state index in [-0.39, 0.29) is 11.7 Å². The van der Waals surface area contributed by atoms with Crippen LogP contribution < -0.4 is 10.1 Å². The second-order valence-electron chi connectivity index (χ2n) is 5.32. The van der Waals surface area contributed by atoms with Gasteiger partial charge in [0.25, 0.3) is 5.91 Å². The molecular weight excluding hydrogens is 295 g/mol. The number of aromatic amines is 1. The lowest BCUT2D eigenvalue weighted by Crippen LogP contribution is -2.23. The van der Waals surface area contributed by atoms with Crippen molar-refractivity contribution in [2.45, 2.75) is 13.5 Å². The molecule has 118 valence electrons. The molecule has 23 heavy (non-hydrogen) atoms. The molecule has 3 aromatic rings. The first kappa shape index (κ1) is 15.1. The van der Waals surface area contributed by atoms with Crippen LogP contribution in [0.15, 0.2) is 42.5 Å². The number of aromatic nitrogens is 1. The Morgan fingerprint density at radius 1 is 1.22 bits per heavy atom. The molecule has 1 heterocycles. The number of para-hydroxylation sites is 1. The number of benzene rings is 2. The average Bonchev–Trinajstić information content (AvgIpc) is 2.91. The summed E-state index contributed by atoms with van der Waals surface area (Å²) in [6.45, 7) is 2.16. The van der Waals surface area contributed by atoms with E-state index in [4.69, 9.17) is 4.74 Å². The van der Waals surface area contributed by atoms with Gasteiger partial charge in [-0.15, -0.1) is 0 Å². The second kappa shape index (κ2) is 6.12. The second-order valence-corrected chi connectivity index (χ2v) is 5.32. The Bertz CT molecular complexity index is 853. The minimum atomic E-state index is -0.361. The lowest BCUT2D eigenvalue weighted by atomic mass is 10.1. The molecule has 0 spiro atoms. The summed E-state index contributed by atoms with van der Waals surface area (Å²) in [6.07, 6.45) is 0. The molecule has 0 saturated heterocycles. The van der Waals surface area contributed by atoms with E-state index in [9.17, 15) is 9.18 Å². The molecule has 0 atom stereocenters. The summed E-state index contributed by atoms with van der Waals surface area (Å²) in [7, 11) is 1.61. The first-order valence-electron chi connectivity index (χ1n) is 7.28. The number of carbonyl (C=O) groups excluding carboxylic acids is 1. The highest BCUT2D eigenvalue weighted by Crippen LogP contribution is 2.24. The van der Waals surface area contributed by atoms with E-state index in [0.717, 1.165) is 11.3 Å². The summed E-state index contributed by atoms with van der Waals surface area (Å²) in [6, 6.07) is 12.2. The van der Waals surface area contributed by atoms with E-state index < -0.39 is 0 Å². The van der Waals surface area contributed by atoms with Gasteiger partial charge < -0.3 is 15.0 Å². The van der Waals surface area contributed by atoms with Gasteiger partial charge in [-0.05, 0) is 30.7 Å². The van der Waals surface area contributed by atoms with Gasteiger partial charge in [0.15, 0.2) is 0 Å². The number of halogens is 1. The predicted molar refractivity (Wildman–Crippen MR) is 87.2 cm³/mol. The van der Waals surface area contributed by atoms with Crippen LogP contribution >= 0.6 is 0 Å². The van der Waals surface area contributed by atoms with E-state index in [1.807, 2.05) is 24.3 Å². The summed E-state index contributed by atoms with van der Waals surface area (Å²) in [5, 5.41) is 3.46. The topological polar surface area (TPSA) is 54.1 Å². The van der Waals surface area contributed by atoms with Gasteiger partial charge in [0.1, 0.15) is 11.6 Å². The van der Waals surface area contributed by atoms with Crippen LogP contribution in [0.1, 0.15) is 21.6 Å². The van der Waals surface area contributed by atoms with E-state index in [0.29, 0.717) is 28.7 Å². The van der Waals surface area contributed by atoms with Crippen LogP contribution in [0.4, 0.5) is 4.39 Å². The molecular formula is C18H17FN2O2. The van der Waals surface area contributed by atoms with Crippen LogP contribution in [-0.2, 0) is 6.54 Å². The fourth-order valence-corrected chi connectivity index (χ4v) is 2.62. The van der Waals surface area contributed by atoms with Crippen LogP contribution in [0, 0.1) is 12.7 Å². The number of aryl methyl sites for hydroxylation is 1. The van der Waals surface area contributed by atoms with Crippen LogP contribution in [-0.4, -0.2) is 18.0 Å². The summed E-state index contributed by atoms with van der Waals surface area (Å²) in [4.78, 5) is 15.4. The van der Waals surface area contributed by atoms with Crippen molar-refractivity contribution in [2.24, 2.45) is 0 Å². The maximum atomic E-state index is 13.8. The van der Waals surface area contributed by atoms with Crippen molar-refractivity contribution < 1.29 is 13.9 Å². The van der Waals surface area contributed by atoms with Crippen molar-refractivity contribution in [3.05, 3.63) is 65.1 Å². The van der Waals surface area contributed by atoms with Crippen molar-refractivity contribution in [1.82, 2.24) is 10.3 Å². The average molecular weight is 312 g/mol. The van der Waals surface area contributed by atoms with Gasteiger partial charge in [-0.1, -0.05) is 24.3 Å². The van der Waals surface area contributed by atoms with Crippen LogP contribution in [0.5, 0.6) is 5.75 Å². The lowest BCUT2D eigenvalue weighted by molar-refractivity contribution is 0.0952. The number of ether oxygens (including phenoxy) is 1. The monoisotopic (exact) mass is 312 g/mol. The maximum absolute atomic E-state index is 13.8. The molecule has 2 aromatic carbocycles. The van der Waals surface area contributed by atoms with Crippen molar-refractivity contribution in [1.29, 1.82) is 0 Å². The Labute approximate surface area is 133 Å². The minimum Gasteiger partial charge on any atom is -0.497 e. The summed E-state index contributed by atoms with van der Waals surface area (Å²) >= 11 is 0.